The summed E-state index contributed by atoms with van der Waals surface area (Å²) in [6.45, 7) is 2.38. The molecule has 0 saturated carbocycles. The van der Waals surface area contributed by atoms with E-state index in [9.17, 15) is 4.79 Å². The first-order valence-corrected chi connectivity index (χ1v) is 5.87. The minimum absolute atomic E-state index is 0.0148. The number of carbonyl (C=O) groups is 1. The molecule has 3 heteroatoms. The molecule has 18 heavy (non-hydrogen) atoms. The Kier molecular flexibility index (Phi) is 2.52. The Hall–Kier alpha value is -2.29. The van der Waals surface area contributed by atoms with Crippen LogP contribution in [-0.4, -0.2) is 10.4 Å². The summed E-state index contributed by atoms with van der Waals surface area (Å²) in [5.74, 6) is 0.392. The fourth-order valence-electron chi connectivity index (χ4n) is 2.18. The molecule has 0 aliphatic carbocycles. The Morgan fingerprint density at radius 3 is 2.89 bits per heavy atom. The van der Waals surface area contributed by atoms with Crippen molar-refractivity contribution in [2.75, 3.05) is 0 Å². The topological polar surface area (TPSA) is 35.1 Å². The van der Waals surface area contributed by atoms with Crippen LogP contribution in [0.3, 0.4) is 0 Å². The van der Waals surface area contributed by atoms with Crippen LogP contribution in [0.25, 0.3) is 10.9 Å². The summed E-state index contributed by atoms with van der Waals surface area (Å²) in [6, 6.07) is 11.6. The fraction of sp³-hybridized carbons (Fsp3) is 0.133. The molecule has 0 bridgehead atoms. The van der Waals surface area contributed by atoms with E-state index in [1.54, 1.807) is 12.1 Å². The summed E-state index contributed by atoms with van der Waals surface area (Å²) in [6.07, 6.45) is 3.46. The maximum Gasteiger partial charge on any atom is 0.217 e. The monoisotopic (exact) mass is 239 g/mol. The maximum atomic E-state index is 12.0. The van der Waals surface area contributed by atoms with Crippen molar-refractivity contribution in [3.8, 4) is 0 Å². The third kappa shape index (κ3) is 1.74. The highest BCUT2D eigenvalue weighted by atomic mass is 16.3. The van der Waals surface area contributed by atoms with Crippen molar-refractivity contribution in [2.24, 2.45) is 0 Å². The number of benzene rings is 1. The number of nitrogens with zero attached hydrogens (tertiary/aromatic N) is 1. The smallest absolute Gasteiger partial charge is 0.217 e. The van der Waals surface area contributed by atoms with Crippen molar-refractivity contribution in [2.45, 2.75) is 13.5 Å². The van der Waals surface area contributed by atoms with E-state index in [-0.39, 0.29) is 5.78 Å². The van der Waals surface area contributed by atoms with Crippen molar-refractivity contribution < 1.29 is 9.21 Å². The van der Waals surface area contributed by atoms with Gasteiger partial charge in [0, 0.05) is 17.1 Å². The van der Waals surface area contributed by atoms with Crippen molar-refractivity contribution in [1.29, 1.82) is 0 Å². The van der Waals surface area contributed by atoms with Gasteiger partial charge in [-0.15, -0.1) is 0 Å². The highest BCUT2D eigenvalue weighted by Gasteiger charge is 2.11. The minimum Gasteiger partial charge on any atom is -0.461 e. The number of furan rings is 1. The number of fused-ring (bicyclic) bond motifs is 1. The Labute approximate surface area is 105 Å². The highest BCUT2D eigenvalue weighted by Crippen LogP contribution is 2.20. The zero-order chi connectivity index (χ0) is 12.5. The van der Waals surface area contributed by atoms with Crippen LogP contribution in [-0.2, 0) is 6.54 Å². The third-order valence-electron chi connectivity index (χ3n) is 3.14. The van der Waals surface area contributed by atoms with Gasteiger partial charge in [-0.05, 0) is 36.8 Å². The van der Waals surface area contributed by atoms with Gasteiger partial charge in [-0.1, -0.05) is 12.1 Å². The second-order valence-corrected chi connectivity index (χ2v) is 4.35. The van der Waals surface area contributed by atoms with E-state index in [1.807, 2.05) is 29.0 Å². The van der Waals surface area contributed by atoms with E-state index in [0.717, 1.165) is 5.52 Å². The van der Waals surface area contributed by atoms with E-state index in [1.165, 1.54) is 17.2 Å². The Bertz CT molecular complexity index is 692. The minimum atomic E-state index is -0.0148. The van der Waals surface area contributed by atoms with Crippen molar-refractivity contribution in [3.05, 3.63) is 60.2 Å². The number of Topliss-reactive ketones (excluding diaryl/α,β-unsaturated/α-hetero) is 1. The van der Waals surface area contributed by atoms with Crippen LogP contribution in [0.5, 0.6) is 0 Å². The number of aryl methyl sites for hydroxylation is 1. The summed E-state index contributed by atoms with van der Waals surface area (Å²) >= 11 is 0. The average Bonchev–Trinajstić information content (AvgIpc) is 2.99. The summed E-state index contributed by atoms with van der Waals surface area (Å²) in [4.78, 5) is 12.0. The third-order valence-corrected chi connectivity index (χ3v) is 3.14. The van der Waals surface area contributed by atoms with Crippen LogP contribution in [0.1, 0.15) is 16.1 Å². The molecule has 0 N–H and O–H groups in total. The van der Waals surface area contributed by atoms with Gasteiger partial charge in [-0.3, -0.25) is 4.79 Å². The van der Waals surface area contributed by atoms with Gasteiger partial charge in [0.25, 0.3) is 0 Å². The van der Waals surface area contributed by atoms with Crippen molar-refractivity contribution in [1.82, 2.24) is 4.57 Å². The molecule has 0 spiro atoms. The number of aromatic nitrogens is 1. The molecule has 3 rings (SSSR count). The van der Waals surface area contributed by atoms with Gasteiger partial charge in [-0.25, -0.2) is 0 Å². The molecule has 0 fully saturated rings. The van der Waals surface area contributed by atoms with Crippen molar-refractivity contribution >= 4 is 16.7 Å². The standard InChI is InChI=1S/C15H13NO2/c1-11-4-2-5-13-12(11)7-8-16(13)10-14(17)15-6-3-9-18-15/h2-9H,10H2,1H3. The van der Waals surface area contributed by atoms with E-state index in [4.69, 9.17) is 4.42 Å². The second-order valence-electron chi connectivity index (χ2n) is 4.35. The molecule has 90 valence electrons. The van der Waals surface area contributed by atoms with Gasteiger partial charge in [0.1, 0.15) is 0 Å². The number of ketones is 1. The zero-order valence-corrected chi connectivity index (χ0v) is 10.1. The highest BCUT2D eigenvalue weighted by molar-refractivity contribution is 5.94. The van der Waals surface area contributed by atoms with E-state index < -0.39 is 0 Å². The fourth-order valence-corrected chi connectivity index (χ4v) is 2.18. The van der Waals surface area contributed by atoms with Crippen LogP contribution in [0, 0.1) is 6.92 Å². The van der Waals surface area contributed by atoms with Crippen LogP contribution in [0.4, 0.5) is 0 Å². The van der Waals surface area contributed by atoms with Gasteiger partial charge in [0.2, 0.25) is 5.78 Å². The Balaban J connectivity index is 1.96. The van der Waals surface area contributed by atoms with Crippen LogP contribution < -0.4 is 0 Å². The molecule has 0 atom stereocenters. The average molecular weight is 239 g/mol. The van der Waals surface area contributed by atoms with E-state index >= 15 is 0 Å². The molecule has 3 aromatic rings. The summed E-state index contributed by atoms with van der Waals surface area (Å²) in [5, 5.41) is 1.18. The Morgan fingerprint density at radius 2 is 2.11 bits per heavy atom. The maximum absolute atomic E-state index is 12.0. The van der Waals surface area contributed by atoms with Crippen LogP contribution >= 0.6 is 0 Å². The molecule has 1 aromatic carbocycles. The van der Waals surface area contributed by atoms with Gasteiger partial charge in [0.15, 0.2) is 5.76 Å². The lowest BCUT2D eigenvalue weighted by Crippen LogP contribution is -2.08. The number of rotatable bonds is 3. The Morgan fingerprint density at radius 1 is 1.22 bits per heavy atom. The van der Waals surface area contributed by atoms with E-state index in [0.29, 0.717) is 12.3 Å². The molecule has 0 saturated heterocycles. The van der Waals surface area contributed by atoms with Crippen molar-refractivity contribution in [3.63, 3.8) is 0 Å². The molecule has 2 aromatic heterocycles. The lowest BCUT2D eigenvalue weighted by Gasteiger charge is -2.03. The molecule has 3 nitrogen and oxygen atoms in total. The normalized spacial score (nSPS) is 10.9. The number of carbonyl (C=O) groups excluding carboxylic acids is 1. The first-order chi connectivity index (χ1) is 8.75. The predicted molar refractivity (Wildman–Crippen MR) is 69.7 cm³/mol. The van der Waals surface area contributed by atoms with Gasteiger partial charge >= 0.3 is 0 Å². The molecule has 0 amide bonds. The van der Waals surface area contributed by atoms with Crippen LogP contribution in [0.15, 0.2) is 53.3 Å². The summed E-state index contributed by atoms with van der Waals surface area (Å²) < 4.78 is 7.07. The first-order valence-electron chi connectivity index (χ1n) is 5.87. The molecule has 2 heterocycles. The lowest BCUT2D eigenvalue weighted by molar-refractivity contribution is 0.0946. The molecule has 0 aliphatic rings. The van der Waals surface area contributed by atoms with E-state index in [2.05, 4.69) is 13.0 Å². The first kappa shape index (κ1) is 10.8. The second kappa shape index (κ2) is 4.18. The molecule has 0 radical (unpaired) electrons. The quantitative estimate of drug-likeness (QED) is 0.656. The van der Waals surface area contributed by atoms with Crippen LogP contribution in [0.2, 0.25) is 0 Å². The molecular weight excluding hydrogens is 226 g/mol. The molecule has 0 unspecified atom stereocenters. The lowest BCUT2D eigenvalue weighted by atomic mass is 10.1. The summed E-state index contributed by atoms with van der Waals surface area (Å²) in [5.41, 5.74) is 2.30. The molecular formula is C15H13NO2. The SMILES string of the molecule is Cc1cccc2c1ccn2CC(=O)c1ccco1. The molecule has 0 aliphatic heterocycles. The summed E-state index contributed by atoms with van der Waals surface area (Å²) in [7, 11) is 0. The predicted octanol–water partition coefficient (Wildman–Crippen LogP) is 3.43. The largest absolute Gasteiger partial charge is 0.461 e. The van der Waals surface area contributed by atoms with Gasteiger partial charge in [-0.2, -0.15) is 0 Å². The van der Waals surface area contributed by atoms with Gasteiger partial charge < -0.3 is 8.98 Å². The van der Waals surface area contributed by atoms with Gasteiger partial charge in [0.05, 0.1) is 12.8 Å². The number of hydrogen-bond donors (Lipinski definition) is 0. The number of hydrogen-bond acceptors (Lipinski definition) is 2. The zero-order valence-electron chi connectivity index (χ0n) is 10.1.